The van der Waals surface area contributed by atoms with Gasteiger partial charge in [0.05, 0.1) is 4.92 Å². The molecule has 2 rings (SSSR count). The molecule has 0 bridgehead atoms. The van der Waals surface area contributed by atoms with Gasteiger partial charge in [0.2, 0.25) is 0 Å². The summed E-state index contributed by atoms with van der Waals surface area (Å²) in [5, 5.41) is 11.2. The first-order valence-corrected chi connectivity index (χ1v) is 6.65. The molecule has 5 nitrogen and oxygen atoms in total. The normalized spacial score (nSPS) is 18.4. The molecule has 1 heterocycles. The molecule has 0 unspecified atom stereocenters. The van der Waals surface area contributed by atoms with E-state index < -0.39 is 0 Å². The van der Waals surface area contributed by atoms with Crippen LogP contribution in [0, 0.1) is 22.5 Å². The second-order valence-electron chi connectivity index (χ2n) is 5.75. The minimum absolute atomic E-state index is 0.177. The molecule has 0 atom stereocenters. The molecule has 104 valence electrons. The highest BCUT2D eigenvalue weighted by atomic mass is 16.6. The number of hydrogen-bond acceptors (Lipinski definition) is 4. The highest BCUT2D eigenvalue weighted by molar-refractivity contribution is 5.64. The summed E-state index contributed by atoms with van der Waals surface area (Å²) in [6, 6.07) is 5.43. The lowest BCUT2D eigenvalue weighted by Crippen LogP contribution is -2.42. The van der Waals surface area contributed by atoms with Crippen LogP contribution >= 0.6 is 0 Å². The van der Waals surface area contributed by atoms with Crippen LogP contribution in [-0.2, 0) is 0 Å². The number of nitro benzene ring substituents is 1. The van der Waals surface area contributed by atoms with Crippen LogP contribution in [0.15, 0.2) is 18.2 Å². The van der Waals surface area contributed by atoms with Crippen LogP contribution in [0.1, 0.15) is 25.3 Å². The average Bonchev–Trinajstić information content (AvgIpc) is 2.40. The summed E-state index contributed by atoms with van der Waals surface area (Å²) < 4.78 is 0. The molecule has 0 saturated carbocycles. The number of nitrogens with zero attached hydrogens (tertiary/aromatic N) is 2. The summed E-state index contributed by atoms with van der Waals surface area (Å²) in [6.45, 7) is 6.40. The van der Waals surface area contributed by atoms with Crippen molar-refractivity contribution in [3.05, 3.63) is 33.9 Å². The van der Waals surface area contributed by atoms with Crippen molar-refractivity contribution < 1.29 is 4.92 Å². The lowest BCUT2D eigenvalue weighted by Gasteiger charge is -2.39. The first-order valence-electron chi connectivity index (χ1n) is 6.65. The van der Waals surface area contributed by atoms with Crippen molar-refractivity contribution in [3.63, 3.8) is 0 Å². The predicted octanol–water partition coefficient (Wildman–Crippen LogP) is 2.47. The molecule has 1 saturated heterocycles. The zero-order chi connectivity index (χ0) is 14.0. The second-order valence-corrected chi connectivity index (χ2v) is 5.75. The fourth-order valence-electron chi connectivity index (χ4n) is 2.54. The highest BCUT2D eigenvalue weighted by Gasteiger charge is 2.31. The predicted molar refractivity (Wildman–Crippen MR) is 76.4 cm³/mol. The smallest absolute Gasteiger partial charge is 0.292 e. The van der Waals surface area contributed by atoms with E-state index in [1.165, 1.54) is 0 Å². The quantitative estimate of drug-likeness (QED) is 0.671. The van der Waals surface area contributed by atoms with E-state index in [1.54, 1.807) is 6.07 Å². The first kappa shape index (κ1) is 13.8. The first-order chi connectivity index (χ1) is 8.95. The van der Waals surface area contributed by atoms with Crippen LogP contribution in [-0.4, -0.2) is 24.6 Å². The number of anilines is 1. The largest absolute Gasteiger partial charge is 0.366 e. The minimum atomic E-state index is -0.293. The van der Waals surface area contributed by atoms with Gasteiger partial charge >= 0.3 is 0 Å². The number of aryl methyl sites for hydroxylation is 1. The molecule has 1 aliphatic rings. The van der Waals surface area contributed by atoms with Gasteiger partial charge in [0, 0.05) is 19.2 Å². The maximum absolute atomic E-state index is 11.2. The van der Waals surface area contributed by atoms with Gasteiger partial charge in [-0.1, -0.05) is 13.0 Å². The second kappa shape index (κ2) is 5.17. The standard InChI is InChI=1S/C14H21N3O2/c1-11-3-4-12(13(9-11)17(18)19)16-7-5-14(2,10-15)6-8-16/h3-4,9H,5-8,10,15H2,1-2H3. The Morgan fingerprint density at radius 1 is 1.42 bits per heavy atom. The molecule has 2 N–H and O–H groups in total. The molecule has 0 aromatic heterocycles. The molecule has 1 aliphatic heterocycles. The topological polar surface area (TPSA) is 72.4 Å². The van der Waals surface area contributed by atoms with Gasteiger partial charge in [-0.3, -0.25) is 10.1 Å². The van der Waals surface area contributed by atoms with Gasteiger partial charge in [-0.15, -0.1) is 0 Å². The van der Waals surface area contributed by atoms with E-state index in [0.717, 1.165) is 37.2 Å². The molecule has 0 spiro atoms. The molecular formula is C14H21N3O2. The Morgan fingerprint density at radius 2 is 2.05 bits per heavy atom. The Hall–Kier alpha value is -1.62. The van der Waals surface area contributed by atoms with Crippen molar-refractivity contribution in [3.8, 4) is 0 Å². The number of piperidine rings is 1. The minimum Gasteiger partial charge on any atom is -0.366 e. The summed E-state index contributed by atoms with van der Waals surface area (Å²) in [5.41, 5.74) is 7.82. The Bertz CT molecular complexity index is 480. The molecule has 19 heavy (non-hydrogen) atoms. The van der Waals surface area contributed by atoms with Crippen LogP contribution in [0.25, 0.3) is 0 Å². The molecule has 0 amide bonds. The average molecular weight is 263 g/mol. The van der Waals surface area contributed by atoms with Crippen molar-refractivity contribution in [2.45, 2.75) is 26.7 Å². The van der Waals surface area contributed by atoms with Gasteiger partial charge in [0.25, 0.3) is 5.69 Å². The fraction of sp³-hybridized carbons (Fsp3) is 0.571. The summed E-state index contributed by atoms with van der Waals surface area (Å²) in [6.07, 6.45) is 1.96. The molecule has 1 aromatic carbocycles. The van der Waals surface area contributed by atoms with E-state index in [2.05, 4.69) is 11.8 Å². The summed E-state index contributed by atoms with van der Waals surface area (Å²) in [5.74, 6) is 0. The van der Waals surface area contributed by atoms with Crippen LogP contribution in [0.3, 0.4) is 0 Å². The zero-order valence-corrected chi connectivity index (χ0v) is 11.6. The van der Waals surface area contributed by atoms with E-state index >= 15 is 0 Å². The number of rotatable bonds is 3. The van der Waals surface area contributed by atoms with Gasteiger partial charge in [-0.25, -0.2) is 0 Å². The third kappa shape index (κ3) is 2.87. The summed E-state index contributed by atoms with van der Waals surface area (Å²) >= 11 is 0. The summed E-state index contributed by atoms with van der Waals surface area (Å²) in [4.78, 5) is 13.0. The van der Waals surface area contributed by atoms with Crippen molar-refractivity contribution in [2.24, 2.45) is 11.1 Å². The molecule has 0 radical (unpaired) electrons. The lowest BCUT2D eigenvalue weighted by molar-refractivity contribution is -0.384. The highest BCUT2D eigenvalue weighted by Crippen LogP contribution is 2.36. The number of nitrogens with two attached hydrogens (primary N) is 1. The number of nitro groups is 1. The Labute approximate surface area is 113 Å². The molecular weight excluding hydrogens is 242 g/mol. The third-order valence-corrected chi connectivity index (χ3v) is 4.13. The van der Waals surface area contributed by atoms with Crippen LogP contribution < -0.4 is 10.6 Å². The molecule has 1 aromatic rings. The van der Waals surface area contributed by atoms with Crippen molar-refractivity contribution in [1.82, 2.24) is 0 Å². The van der Waals surface area contributed by atoms with Gasteiger partial charge in [-0.05, 0) is 43.4 Å². The van der Waals surface area contributed by atoms with E-state index in [4.69, 9.17) is 5.73 Å². The van der Waals surface area contributed by atoms with E-state index in [1.807, 2.05) is 19.1 Å². The summed E-state index contributed by atoms with van der Waals surface area (Å²) in [7, 11) is 0. The number of benzene rings is 1. The molecule has 1 fully saturated rings. The Kier molecular flexibility index (Phi) is 3.75. The van der Waals surface area contributed by atoms with Gasteiger partial charge in [0.15, 0.2) is 0 Å². The van der Waals surface area contributed by atoms with Crippen LogP contribution in [0.5, 0.6) is 0 Å². The van der Waals surface area contributed by atoms with Crippen molar-refractivity contribution in [1.29, 1.82) is 0 Å². The lowest BCUT2D eigenvalue weighted by atomic mass is 9.80. The van der Waals surface area contributed by atoms with E-state index in [9.17, 15) is 10.1 Å². The maximum Gasteiger partial charge on any atom is 0.292 e. The zero-order valence-electron chi connectivity index (χ0n) is 11.6. The maximum atomic E-state index is 11.2. The van der Waals surface area contributed by atoms with E-state index in [0.29, 0.717) is 6.54 Å². The Balaban J connectivity index is 2.22. The fourth-order valence-corrected chi connectivity index (χ4v) is 2.54. The molecule has 5 heteroatoms. The van der Waals surface area contributed by atoms with Crippen LogP contribution in [0.2, 0.25) is 0 Å². The SMILES string of the molecule is Cc1ccc(N2CCC(C)(CN)CC2)c([N+](=O)[O-])c1. The van der Waals surface area contributed by atoms with Gasteiger partial charge < -0.3 is 10.6 Å². The monoisotopic (exact) mass is 263 g/mol. The van der Waals surface area contributed by atoms with Gasteiger partial charge in [-0.2, -0.15) is 0 Å². The van der Waals surface area contributed by atoms with Crippen molar-refractivity contribution in [2.75, 3.05) is 24.5 Å². The number of hydrogen-bond donors (Lipinski definition) is 1. The van der Waals surface area contributed by atoms with Crippen molar-refractivity contribution >= 4 is 11.4 Å². The van der Waals surface area contributed by atoms with Crippen LogP contribution in [0.4, 0.5) is 11.4 Å². The van der Waals surface area contributed by atoms with Gasteiger partial charge in [0.1, 0.15) is 5.69 Å². The Morgan fingerprint density at radius 3 is 2.58 bits per heavy atom. The molecule has 0 aliphatic carbocycles. The van der Waals surface area contributed by atoms with E-state index in [-0.39, 0.29) is 16.0 Å². The third-order valence-electron chi connectivity index (χ3n) is 4.13.